The first kappa shape index (κ1) is 19.3. The Hall–Kier alpha value is -3.42. The van der Waals surface area contributed by atoms with Gasteiger partial charge in [0.25, 0.3) is 5.91 Å². The zero-order valence-electron chi connectivity index (χ0n) is 15.5. The van der Waals surface area contributed by atoms with E-state index in [2.05, 4.69) is 16.2 Å². The fourth-order valence-corrected chi connectivity index (χ4v) is 3.09. The third-order valence-electron chi connectivity index (χ3n) is 4.26. The number of benzene rings is 2. The smallest absolute Gasteiger partial charge is 0.276 e. The van der Waals surface area contributed by atoms with E-state index >= 15 is 0 Å². The predicted octanol–water partition coefficient (Wildman–Crippen LogP) is 2.09. The van der Waals surface area contributed by atoms with Gasteiger partial charge >= 0.3 is 0 Å². The molecule has 0 saturated carbocycles. The summed E-state index contributed by atoms with van der Waals surface area (Å²) < 4.78 is 18.8. The van der Waals surface area contributed by atoms with E-state index in [4.69, 9.17) is 4.74 Å². The number of hydrazine groups is 1. The Morgan fingerprint density at radius 1 is 1.14 bits per heavy atom. The van der Waals surface area contributed by atoms with Crippen molar-refractivity contribution in [3.8, 4) is 5.75 Å². The van der Waals surface area contributed by atoms with E-state index in [-0.39, 0.29) is 18.7 Å². The minimum absolute atomic E-state index is 0.0978. The summed E-state index contributed by atoms with van der Waals surface area (Å²) in [5, 5.41) is 2.53. The third-order valence-corrected chi connectivity index (χ3v) is 4.26. The summed E-state index contributed by atoms with van der Waals surface area (Å²) in [6.45, 7) is 3.56. The Kier molecular flexibility index (Phi) is 5.58. The molecule has 1 aliphatic rings. The molecule has 1 aliphatic heterocycles. The Labute approximate surface area is 161 Å². The van der Waals surface area contributed by atoms with Crippen LogP contribution in [0.25, 0.3) is 0 Å². The van der Waals surface area contributed by atoms with Crippen LogP contribution in [0.4, 0.5) is 10.1 Å². The van der Waals surface area contributed by atoms with Gasteiger partial charge in [-0.05, 0) is 54.8 Å². The maximum atomic E-state index is 13.4. The second-order valence-corrected chi connectivity index (χ2v) is 6.69. The largest absolute Gasteiger partial charge is 0.484 e. The van der Waals surface area contributed by atoms with Crippen LogP contribution in [0.3, 0.4) is 0 Å². The summed E-state index contributed by atoms with van der Waals surface area (Å²) in [6.07, 6.45) is -0.0978. The number of rotatable bonds is 4. The monoisotopic (exact) mass is 385 g/mol. The molecule has 3 rings (SSSR count). The summed E-state index contributed by atoms with van der Waals surface area (Å²) in [5.41, 5.74) is 7.32. The number of aryl methyl sites for hydroxylation is 2. The molecule has 2 aromatic rings. The van der Waals surface area contributed by atoms with E-state index < -0.39 is 29.5 Å². The van der Waals surface area contributed by atoms with E-state index in [1.807, 2.05) is 19.9 Å². The number of carbonyl (C=O) groups is 3. The van der Waals surface area contributed by atoms with Gasteiger partial charge in [-0.1, -0.05) is 12.1 Å². The maximum Gasteiger partial charge on any atom is 0.276 e. The molecule has 0 bridgehead atoms. The topological polar surface area (TPSA) is 96.5 Å². The first-order valence-electron chi connectivity index (χ1n) is 8.71. The zero-order valence-corrected chi connectivity index (χ0v) is 15.5. The highest BCUT2D eigenvalue weighted by atomic mass is 19.1. The fraction of sp³-hybridized carbons (Fsp3) is 0.250. The highest BCUT2D eigenvalue weighted by Gasteiger charge is 2.31. The number of hydrogen-bond acceptors (Lipinski definition) is 4. The Bertz CT molecular complexity index is 925. The first-order valence-corrected chi connectivity index (χ1v) is 8.71. The molecule has 0 fully saturated rings. The molecule has 146 valence electrons. The number of hydrogen-bond donors (Lipinski definition) is 3. The van der Waals surface area contributed by atoms with Crippen LogP contribution >= 0.6 is 0 Å². The Balaban J connectivity index is 1.56. The number of carbonyl (C=O) groups excluding carboxylic acids is 3. The van der Waals surface area contributed by atoms with Crippen molar-refractivity contribution in [2.75, 3.05) is 11.9 Å². The highest BCUT2D eigenvalue weighted by molar-refractivity contribution is 6.01. The molecule has 0 aromatic heterocycles. The van der Waals surface area contributed by atoms with Crippen molar-refractivity contribution < 1.29 is 23.5 Å². The number of ether oxygens (including phenoxy) is 1. The molecule has 0 aliphatic carbocycles. The Morgan fingerprint density at radius 3 is 2.57 bits per heavy atom. The van der Waals surface area contributed by atoms with Crippen LogP contribution < -0.4 is 20.9 Å². The van der Waals surface area contributed by atoms with E-state index in [9.17, 15) is 18.8 Å². The van der Waals surface area contributed by atoms with Crippen LogP contribution in [0, 0.1) is 19.7 Å². The number of fused-ring (bicyclic) bond motifs is 1. The standard InChI is InChI=1S/C20H20FN3O4/c1-11-5-12(2)7-14(6-11)28-10-19(26)23-24-20(27)16-9-18(25)22-17-8-13(21)3-4-15(16)17/h3-8,16H,9-10H2,1-2H3,(H,22,25)(H,23,26)(H,24,27)/t16-/m0/s1. The molecular formula is C20H20FN3O4. The number of nitrogens with one attached hydrogen (secondary N) is 3. The minimum atomic E-state index is -0.829. The van der Waals surface area contributed by atoms with E-state index in [0.29, 0.717) is 11.3 Å². The van der Waals surface area contributed by atoms with Gasteiger partial charge in [-0.2, -0.15) is 0 Å². The van der Waals surface area contributed by atoms with Crippen LogP contribution in [0.5, 0.6) is 5.75 Å². The van der Waals surface area contributed by atoms with Crippen molar-refractivity contribution in [2.45, 2.75) is 26.2 Å². The lowest BCUT2D eigenvalue weighted by Crippen LogP contribution is -2.47. The molecule has 0 saturated heterocycles. The number of halogens is 1. The van der Waals surface area contributed by atoms with Gasteiger partial charge < -0.3 is 10.1 Å². The van der Waals surface area contributed by atoms with Crippen LogP contribution in [0.2, 0.25) is 0 Å². The number of amides is 3. The molecule has 0 spiro atoms. The summed E-state index contributed by atoms with van der Waals surface area (Å²) >= 11 is 0. The van der Waals surface area contributed by atoms with Crippen molar-refractivity contribution in [3.63, 3.8) is 0 Å². The minimum Gasteiger partial charge on any atom is -0.484 e. The number of anilines is 1. The van der Waals surface area contributed by atoms with Crippen molar-refractivity contribution in [3.05, 3.63) is 58.9 Å². The molecule has 3 N–H and O–H groups in total. The normalized spacial score (nSPS) is 15.2. The van der Waals surface area contributed by atoms with Crippen molar-refractivity contribution in [1.29, 1.82) is 0 Å². The van der Waals surface area contributed by atoms with Crippen molar-refractivity contribution in [1.82, 2.24) is 10.9 Å². The second-order valence-electron chi connectivity index (χ2n) is 6.69. The van der Waals surface area contributed by atoms with E-state index in [1.54, 1.807) is 12.1 Å². The predicted molar refractivity (Wildman–Crippen MR) is 100 cm³/mol. The van der Waals surface area contributed by atoms with Gasteiger partial charge in [0.15, 0.2) is 6.61 Å². The molecule has 1 heterocycles. The molecule has 3 amide bonds. The summed E-state index contributed by atoms with van der Waals surface area (Å²) in [6, 6.07) is 9.40. The Morgan fingerprint density at radius 2 is 1.86 bits per heavy atom. The molecule has 0 radical (unpaired) electrons. The molecule has 1 atom stereocenters. The highest BCUT2D eigenvalue weighted by Crippen LogP contribution is 2.32. The molecule has 28 heavy (non-hydrogen) atoms. The average molecular weight is 385 g/mol. The lowest BCUT2D eigenvalue weighted by molar-refractivity contribution is -0.131. The van der Waals surface area contributed by atoms with E-state index in [0.717, 1.165) is 17.2 Å². The van der Waals surface area contributed by atoms with Crippen LogP contribution in [0.15, 0.2) is 36.4 Å². The third kappa shape index (κ3) is 4.64. The molecular weight excluding hydrogens is 365 g/mol. The first-order chi connectivity index (χ1) is 13.3. The summed E-state index contributed by atoms with van der Waals surface area (Å²) in [7, 11) is 0. The van der Waals surface area contributed by atoms with Crippen LogP contribution in [-0.4, -0.2) is 24.3 Å². The van der Waals surface area contributed by atoms with Gasteiger partial charge in [0.05, 0.1) is 5.92 Å². The van der Waals surface area contributed by atoms with Gasteiger partial charge in [-0.3, -0.25) is 25.2 Å². The van der Waals surface area contributed by atoms with Gasteiger partial charge in [0, 0.05) is 12.1 Å². The van der Waals surface area contributed by atoms with Crippen LogP contribution in [0.1, 0.15) is 29.0 Å². The zero-order chi connectivity index (χ0) is 20.3. The quantitative estimate of drug-likeness (QED) is 0.702. The van der Waals surface area contributed by atoms with Crippen molar-refractivity contribution in [2.24, 2.45) is 0 Å². The summed E-state index contributed by atoms with van der Waals surface area (Å²) in [5.74, 6) is -2.31. The summed E-state index contributed by atoms with van der Waals surface area (Å²) in [4.78, 5) is 36.2. The van der Waals surface area contributed by atoms with Crippen LogP contribution in [-0.2, 0) is 14.4 Å². The van der Waals surface area contributed by atoms with Gasteiger partial charge in [0.1, 0.15) is 11.6 Å². The van der Waals surface area contributed by atoms with Gasteiger partial charge in [-0.15, -0.1) is 0 Å². The SMILES string of the molecule is Cc1cc(C)cc(OCC(=O)NNC(=O)[C@H]2CC(=O)Nc3cc(F)ccc32)c1. The van der Waals surface area contributed by atoms with Gasteiger partial charge in [0.2, 0.25) is 11.8 Å². The lowest BCUT2D eigenvalue weighted by atomic mass is 9.90. The lowest BCUT2D eigenvalue weighted by Gasteiger charge is -2.24. The maximum absolute atomic E-state index is 13.4. The second kappa shape index (κ2) is 8.08. The molecule has 0 unspecified atom stereocenters. The molecule has 7 nitrogen and oxygen atoms in total. The van der Waals surface area contributed by atoms with Crippen molar-refractivity contribution >= 4 is 23.4 Å². The molecule has 2 aromatic carbocycles. The van der Waals surface area contributed by atoms with E-state index in [1.165, 1.54) is 12.1 Å². The molecule has 8 heteroatoms. The average Bonchev–Trinajstić information content (AvgIpc) is 2.62. The van der Waals surface area contributed by atoms with Gasteiger partial charge in [-0.25, -0.2) is 4.39 Å². The fourth-order valence-electron chi connectivity index (χ4n) is 3.09.